The maximum atomic E-state index is 12.7. The molecule has 1 saturated heterocycles. The fourth-order valence-corrected chi connectivity index (χ4v) is 4.42. The molecule has 0 bridgehead atoms. The van der Waals surface area contributed by atoms with Crippen LogP contribution in [0.3, 0.4) is 0 Å². The van der Waals surface area contributed by atoms with Crippen molar-refractivity contribution >= 4 is 11.9 Å². The highest BCUT2D eigenvalue weighted by molar-refractivity contribution is 5.92. The first kappa shape index (κ1) is 12.9. The van der Waals surface area contributed by atoms with E-state index in [4.69, 9.17) is 0 Å². The Morgan fingerprint density at radius 2 is 1.79 bits per heavy atom. The normalized spacial score (nSPS) is 39.8. The number of amides is 1. The van der Waals surface area contributed by atoms with E-state index < -0.39 is 11.9 Å². The minimum Gasteiger partial charge on any atom is -0.481 e. The first-order valence-electron chi connectivity index (χ1n) is 7.48. The highest BCUT2D eigenvalue weighted by Crippen LogP contribution is 2.59. The maximum Gasteiger partial charge on any atom is 0.307 e. The van der Waals surface area contributed by atoms with E-state index in [2.05, 4.69) is 0 Å². The molecule has 4 nitrogen and oxygen atoms in total. The molecule has 4 heteroatoms. The predicted molar refractivity (Wildman–Crippen MR) is 70.5 cm³/mol. The summed E-state index contributed by atoms with van der Waals surface area (Å²) in [5.41, 5.74) is -0.365. The molecule has 106 valence electrons. The Morgan fingerprint density at radius 1 is 1.11 bits per heavy atom. The molecule has 3 rings (SSSR count). The van der Waals surface area contributed by atoms with Crippen LogP contribution in [-0.4, -0.2) is 34.5 Å². The van der Waals surface area contributed by atoms with Crippen molar-refractivity contribution in [1.29, 1.82) is 0 Å². The number of nitrogens with zero attached hydrogens (tertiary/aromatic N) is 1. The van der Waals surface area contributed by atoms with E-state index in [1.54, 1.807) is 0 Å². The number of rotatable bonds is 2. The largest absolute Gasteiger partial charge is 0.481 e. The number of carbonyl (C=O) groups is 2. The van der Waals surface area contributed by atoms with Gasteiger partial charge in [0.2, 0.25) is 5.91 Å². The van der Waals surface area contributed by atoms with E-state index in [0.717, 1.165) is 19.4 Å². The minimum atomic E-state index is -0.817. The lowest BCUT2D eigenvalue weighted by Gasteiger charge is -2.32. The number of carboxylic acid groups (broad SMARTS) is 1. The summed E-state index contributed by atoms with van der Waals surface area (Å²) in [5, 5.41) is 9.21. The van der Waals surface area contributed by atoms with Gasteiger partial charge in [0.05, 0.1) is 11.8 Å². The van der Waals surface area contributed by atoms with E-state index in [0.29, 0.717) is 12.0 Å². The molecule has 3 aliphatic rings. The molecule has 0 aromatic carbocycles. The Labute approximate surface area is 114 Å². The second kappa shape index (κ2) is 4.22. The quantitative estimate of drug-likeness (QED) is 0.832. The molecule has 1 aliphatic heterocycles. The van der Waals surface area contributed by atoms with Gasteiger partial charge < -0.3 is 10.0 Å². The smallest absolute Gasteiger partial charge is 0.307 e. The van der Waals surface area contributed by atoms with Crippen LogP contribution in [-0.2, 0) is 9.59 Å². The third kappa shape index (κ3) is 1.87. The van der Waals surface area contributed by atoms with Gasteiger partial charge in [-0.3, -0.25) is 9.59 Å². The average Bonchev–Trinajstić information content (AvgIpc) is 2.74. The summed E-state index contributed by atoms with van der Waals surface area (Å²) in [5.74, 6) is -0.828. The minimum absolute atomic E-state index is 0.104. The standard InChI is InChI=1S/C15H23NO3/c1-15(2)11(12(15)14(18)19)13(17)16-8-7-9-5-3-4-6-10(9)16/h9-12H,3-8H2,1-2H3,(H,18,19)/t9?,10?,11-,12+/m1/s1. The number of hydrogen-bond donors (Lipinski definition) is 1. The van der Waals surface area contributed by atoms with Crippen molar-refractivity contribution in [1.82, 2.24) is 4.90 Å². The van der Waals surface area contributed by atoms with Crippen molar-refractivity contribution in [3.8, 4) is 0 Å². The molecule has 0 aromatic rings. The summed E-state index contributed by atoms with van der Waals surface area (Å²) in [6.45, 7) is 4.65. The Hall–Kier alpha value is -1.06. The second-order valence-corrected chi connectivity index (χ2v) is 7.05. The molecule has 2 aliphatic carbocycles. The van der Waals surface area contributed by atoms with Gasteiger partial charge in [0.15, 0.2) is 0 Å². The number of hydrogen-bond acceptors (Lipinski definition) is 2. The number of likely N-dealkylation sites (tertiary alicyclic amines) is 1. The first-order valence-corrected chi connectivity index (χ1v) is 7.48. The summed E-state index contributed by atoms with van der Waals surface area (Å²) in [6.07, 6.45) is 5.96. The monoisotopic (exact) mass is 265 g/mol. The van der Waals surface area contributed by atoms with E-state index in [1.807, 2.05) is 18.7 Å². The van der Waals surface area contributed by atoms with Crippen LogP contribution in [0.15, 0.2) is 0 Å². The van der Waals surface area contributed by atoms with Crippen LogP contribution < -0.4 is 0 Å². The molecule has 4 atom stereocenters. The fourth-order valence-electron chi connectivity index (χ4n) is 4.42. The first-order chi connectivity index (χ1) is 8.94. The van der Waals surface area contributed by atoms with E-state index >= 15 is 0 Å². The summed E-state index contributed by atoms with van der Waals surface area (Å²) in [6, 6.07) is 0.395. The maximum absolute atomic E-state index is 12.7. The van der Waals surface area contributed by atoms with Gasteiger partial charge in [0, 0.05) is 12.6 Å². The summed E-state index contributed by atoms with van der Waals surface area (Å²) in [4.78, 5) is 25.9. The molecule has 3 fully saturated rings. The summed E-state index contributed by atoms with van der Waals surface area (Å²) < 4.78 is 0. The fraction of sp³-hybridized carbons (Fsp3) is 0.867. The molecular formula is C15H23NO3. The van der Waals surface area contributed by atoms with Crippen molar-refractivity contribution in [2.75, 3.05) is 6.54 Å². The van der Waals surface area contributed by atoms with Gasteiger partial charge in [-0.1, -0.05) is 26.7 Å². The van der Waals surface area contributed by atoms with Gasteiger partial charge in [0.1, 0.15) is 0 Å². The van der Waals surface area contributed by atoms with Crippen LogP contribution in [0.1, 0.15) is 46.0 Å². The molecule has 0 aromatic heterocycles. The van der Waals surface area contributed by atoms with E-state index in [-0.39, 0.29) is 17.2 Å². The molecule has 1 heterocycles. The summed E-state index contributed by atoms with van der Waals surface area (Å²) in [7, 11) is 0. The topological polar surface area (TPSA) is 57.6 Å². The van der Waals surface area contributed by atoms with Crippen LogP contribution in [0.25, 0.3) is 0 Å². The lowest BCUT2D eigenvalue weighted by molar-refractivity contribution is -0.142. The average molecular weight is 265 g/mol. The van der Waals surface area contributed by atoms with Gasteiger partial charge in [0.25, 0.3) is 0 Å². The third-order valence-corrected chi connectivity index (χ3v) is 5.65. The highest BCUT2D eigenvalue weighted by atomic mass is 16.4. The zero-order chi connectivity index (χ0) is 13.8. The van der Waals surface area contributed by atoms with Crippen molar-refractivity contribution in [3.05, 3.63) is 0 Å². The predicted octanol–water partition coefficient (Wildman–Crippen LogP) is 2.13. The Balaban J connectivity index is 1.73. The van der Waals surface area contributed by atoms with Crippen LogP contribution in [0.4, 0.5) is 0 Å². The molecule has 19 heavy (non-hydrogen) atoms. The zero-order valence-corrected chi connectivity index (χ0v) is 11.8. The molecular weight excluding hydrogens is 242 g/mol. The molecule has 2 unspecified atom stereocenters. The molecule has 0 spiro atoms. The molecule has 2 saturated carbocycles. The zero-order valence-electron chi connectivity index (χ0n) is 11.8. The summed E-state index contributed by atoms with van der Waals surface area (Å²) >= 11 is 0. The number of carbonyl (C=O) groups excluding carboxylic acids is 1. The van der Waals surface area contributed by atoms with Crippen LogP contribution >= 0.6 is 0 Å². The SMILES string of the molecule is CC1(C)[C@H](C(=O)O)[C@@H]1C(=O)N1CCC2CCCCC21. The molecule has 1 amide bonds. The van der Waals surface area contributed by atoms with E-state index in [9.17, 15) is 14.7 Å². The van der Waals surface area contributed by atoms with Crippen LogP contribution in [0.2, 0.25) is 0 Å². The lowest BCUT2D eigenvalue weighted by atomic mass is 9.85. The Morgan fingerprint density at radius 3 is 2.42 bits per heavy atom. The number of fused-ring (bicyclic) bond motifs is 1. The molecule has 1 N–H and O–H groups in total. The van der Waals surface area contributed by atoms with Crippen molar-refractivity contribution < 1.29 is 14.7 Å². The highest BCUT2D eigenvalue weighted by Gasteiger charge is 2.67. The molecule has 0 radical (unpaired) electrons. The van der Waals surface area contributed by atoms with Crippen molar-refractivity contribution in [2.24, 2.45) is 23.2 Å². The Bertz CT molecular complexity index is 418. The number of carboxylic acids is 1. The van der Waals surface area contributed by atoms with Gasteiger partial charge in [-0.2, -0.15) is 0 Å². The number of aliphatic carboxylic acids is 1. The second-order valence-electron chi connectivity index (χ2n) is 7.05. The van der Waals surface area contributed by atoms with Gasteiger partial charge in [-0.25, -0.2) is 0 Å². The third-order valence-electron chi connectivity index (χ3n) is 5.65. The lowest BCUT2D eigenvalue weighted by Crippen LogP contribution is -2.41. The van der Waals surface area contributed by atoms with Crippen LogP contribution in [0, 0.1) is 23.2 Å². The van der Waals surface area contributed by atoms with Gasteiger partial charge in [-0.15, -0.1) is 0 Å². The van der Waals surface area contributed by atoms with Gasteiger partial charge in [-0.05, 0) is 30.6 Å². The Kier molecular flexibility index (Phi) is 2.88. The van der Waals surface area contributed by atoms with Crippen molar-refractivity contribution in [3.63, 3.8) is 0 Å². The van der Waals surface area contributed by atoms with Crippen molar-refractivity contribution in [2.45, 2.75) is 52.0 Å². The van der Waals surface area contributed by atoms with E-state index in [1.165, 1.54) is 19.3 Å². The van der Waals surface area contributed by atoms with Gasteiger partial charge >= 0.3 is 5.97 Å². The van der Waals surface area contributed by atoms with Crippen LogP contribution in [0.5, 0.6) is 0 Å².